The molecule has 1 saturated carbocycles. The molecule has 0 aliphatic heterocycles. The molecule has 2 aromatic rings. The molecule has 8 heteroatoms. The van der Waals surface area contributed by atoms with Crippen molar-refractivity contribution < 1.29 is 14.4 Å². The molecule has 28 heavy (non-hydrogen) atoms. The lowest BCUT2D eigenvalue weighted by Crippen LogP contribution is -2.49. The van der Waals surface area contributed by atoms with Crippen molar-refractivity contribution >= 4 is 17.7 Å². The van der Waals surface area contributed by atoms with Gasteiger partial charge in [-0.1, -0.05) is 24.6 Å². The lowest BCUT2D eigenvalue weighted by molar-refractivity contribution is -0.139. The summed E-state index contributed by atoms with van der Waals surface area (Å²) in [6.07, 6.45) is 6.52. The third-order valence-electron chi connectivity index (χ3n) is 5.05. The Morgan fingerprint density at radius 3 is 2.43 bits per heavy atom. The van der Waals surface area contributed by atoms with Crippen LogP contribution in [0.4, 0.5) is 0 Å². The van der Waals surface area contributed by atoms with Gasteiger partial charge in [0.05, 0.1) is 5.69 Å². The van der Waals surface area contributed by atoms with Gasteiger partial charge in [-0.05, 0) is 50.7 Å². The van der Waals surface area contributed by atoms with Gasteiger partial charge < -0.3 is 5.32 Å². The molecule has 2 aliphatic carbocycles. The SMILES string of the molecule is O=C(NNC(=O)c1nn(-c2ccccc2)c2c1CCCCC2)C(=O)NC1CC1. The van der Waals surface area contributed by atoms with E-state index in [1.54, 1.807) is 0 Å². The number of nitrogens with one attached hydrogen (secondary N) is 3. The van der Waals surface area contributed by atoms with Crippen molar-refractivity contribution in [3.05, 3.63) is 47.3 Å². The van der Waals surface area contributed by atoms with Crippen LogP contribution >= 0.6 is 0 Å². The van der Waals surface area contributed by atoms with Crippen molar-refractivity contribution in [2.75, 3.05) is 0 Å². The number of benzene rings is 1. The van der Waals surface area contributed by atoms with Crippen LogP contribution in [-0.2, 0) is 22.4 Å². The van der Waals surface area contributed by atoms with Gasteiger partial charge in [-0.15, -0.1) is 0 Å². The Bertz CT molecular complexity index is 902. The van der Waals surface area contributed by atoms with Crippen LogP contribution in [0, 0.1) is 0 Å². The lowest BCUT2D eigenvalue weighted by atomic mass is 10.1. The van der Waals surface area contributed by atoms with Crippen molar-refractivity contribution in [3.8, 4) is 5.69 Å². The lowest BCUT2D eigenvalue weighted by Gasteiger charge is -2.07. The monoisotopic (exact) mass is 381 g/mol. The molecule has 0 unspecified atom stereocenters. The second-order valence-corrected chi connectivity index (χ2v) is 7.24. The van der Waals surface area contributed by atoms with Crippen molar-refractivity contribution in [1.29, 1.82) is 0 Å². The summed E-state index contributed by atoms with van der Waals surface area (Å²) in [7, 11) is 0. The van der Waals surface area contributed by atoms with Crippen molar-refractivity contribution in [2.45, 2.75) is 51.0 Å². The number of hydrazine groups is 1. The van der Waals surface area contributed by atoms with Crippen molar-refractivity contribution in [2.24, 2.45) is 0 Å². The third kappa shape index (κ3) is 3.90. The first-order valence-corrected chi connectivity index (χ1v) is 9.71. The summed E-state index contributed by atoms with van der Waals surface area (Å²) < 4.78 is 1.82. The Morgan fingerprint density at radius 2 is 1.68 bits per heavy atom. The van der Waals surface area contributed by atoms with Gasteiger partial charge >= 0.3 is 11.8 Å². The average molecular weight is 381 g/mol. The second kappa shape index (κ2) is 7.84. The number of hydrogen-bond acceptors (Lipinski definition) is 4. The molecule has 1 heterocycles. The zero-order valence-corrected chi connectivity index (χ0v) is 15.5. The number of nitrogens with zero attached hydrogens (tertiary/aromatic N) is 2. The van der Waals surface area contributed by atoms with Gasteiger partial charge in [-0.2, -0.15) is 5.10 Å². The molecular weight excluding hydrogens is 358 g/mol. The fourth-order valence-electron chi connectivity index (χ4n) is 3.45. The van der Waals surface area contributed by atoms with Crippen LogP contribution in [0.3, 0.4) is 0 Å². The van der Waals surface area contributed by atoms with Gasteiger partial charge in [0.1, 0.15) is 0 Å². The van der Waals surface area contributed by atoms with E-state index in [9.17, 15) is 14.4 Å². The highest BCUT2D eigenvalue weighted by Crippen LogP contribution is 2.26. The molecule has 3 N–H and O–H groups in total. The quantitative estimate of drug-likeness (QED) is 0.422. The minimum Gasteiger partial charge on any atom is -0.345 e. The molecule has 1 aromatic heterocycles. The van der Waals surface area contributed by atoms with E-state index in [0.717, 1.165) is 61.9 Å². The summed E-state index contributed by atoms with van der Waals surface area (Å²) in [6, 6.07) is 9.76. The summed E-state index contributed by atoms with van der Waals surface area (Å²) >= 11 is 0. The fraction of sp³-hybridized carbons (Fsp3) is 0.400. The van der Waals surface area contributed by atoms with Crippen LogP contribution in [0.2, 0.25) is 0 Å². The summed E-state index contributed by atoms with van der Waals surface area (Å²) in [5.41, 5.74) is 7.66. The highest BCUT2D eigenvalue weighted by atomic mass is 16.2. The van der Waals surface area contributed by atoms with E-state index >= 15 is 0 Å². The predicted octanol–water partition coefficient (Wildman–Crippen LogP) is 1.18. The highest BCUT2D eigenvalue weighted by molar-refractivity contribution is 6.35. The summed E-state index contributed by atoms with van der Waals surface area (Å²) in [5.74, 6) is -2.13. The topological polar surface area (TPSA) is 105 Å². The van der Waals surface area contributed by atoms with Crippen LogP contribution in [0.1, 0.15) is 53.8 Å². The van der Waals surface area contributed by atoms with Crippen LogP contribution in [0.15, 0.2) is 30.3 Å². The van der Waals surface area contributed by atoms with E-state index in [1.807, 2.05) is 35.0 Å². The van der Waals surface area contributed by atoms with Crippen LogP contribution in [0.25, 0.3) is 5.69 Å². The molecular formula is C20H23N5O3. The van der Waals surface area contributed by atoms with Gasteiger partial charge in [0.15, 0.2) is 5.69 Å². The van der Waals surface area contributed by atoms with Gasteiger partial charge in [-0.25, -0.2) is 4.68 Å². The van der Waals surface area contributed by atoms with Crippen LogP contribution < -0.4 is 16.2 Å². The number of fused-ring (bicyclic) bond motifs is 1. The molecule has 1 fully saturated rings. The molecule has 8 nitrogen and oxygen atoms in total. The van der Waals surface area contributed by atoms with Gasteiger partial charge in [0.2, 0.25) is 0 Å². The minimum atomic E-state index is -0.881. The number of aromatic nitrogens is 2. The molecule has 4 rings (SSSR count). The summed E-state index contributed by atoms with van der Waals surface area (Å²) in [5, 5.41) is 7.12. The number of hydrogen-bond donors (Lipinski definition) is 3. The number of para-hydroxylation sites is 1. The third-order valence-corrected chi connectivity index (χ3v) is 5.05. The maximum absolute atomic E-state index is 12.7. The van der Waals surface area contributed by atoms with Gasteiger partial charge in [-0.3, -0.25) is 25.2 Å². The van der Waals surface area contributed by atoms with Crippen molar-refractivity contribution in [1.82, 2.24) is 25.9 Å². The number of amides is 3. The van der Waals surface area contributed by atoms with E-state index in [4.69, 9.17) is 0 Å². The van der Waals surface area contributed by atoms with Crippen LogP contribution in [-0.4, -0.2) is 33.5 Å². The summed E-state index contributed by atoms with van der Waals surface area (Å²) in [4.78, 5) is 36.3. The fourth-order valence-corrected chi connectivity index (χ4v) is 3.45. The Hall–Kier alpha value is -3.16. The number of carbonyl (C=O) groups is 3. The number of rotatable bonds is 3. The van der Waals surface area contributed by atoms with E-state index in [-0.39, 0.29) is 6.04 Å². The first-order valence-electron chi connectivity index (χ1n) is 9.71. The molecule has 0 radical (unpaired) electrons. The maximum Gasteiger partial charge on any atom is 0.327 e. The standard InChI is InChI=1S/C20H23N5O3/c26-18(22-23-20(28)19(27)21-13-11-12-13)17-15-9-5-2-6-10-16(15)25(24-17)14-7-3-1-4-8-14/h1,3-4,7-8,13H,2,5-6,9-12H2,(H,21,27)(H,22,26)(H,23,28). The molecule has 3 amide bonds. The molecule has 0 bridgehead atoms. The van der Waals surface area contributed by atoms with Crippen molar-refractivity contribution in [3.63, 3.8) is 0 Å². The Kier molecular flexibility index (Phi) is 5.10. The van der Waals surface area contributed by atoms with E-state index in [0.29, 0.717) is 5.69 Å². The second-order valence-electron chi connectivity index (χ2n) is 7.24. The Morgan fingerprint density at radius 1 is 0.929 bits per heavy atom. The first kappa shape index (κ1) is 18.2. The molecule has 0 atom stereocenters. The molecule has 146 valence electrons. The average Bonchev–Trinajstić information content (AvgIpc) is 3.50. The highest BCUT2D eigenvalue weighted by Gasteiger charge is 2.28. The Balaban J connectivity index is 1.53. The van der Waals surface area contributed by atoms with Gasteiger partial charge in [0, 0.05) is 17.3 Å². The Labute approximate surface area is 162 Å². The van der Waals surface area contributed by atoms with Crippen LogP contribution in [0.5, 0.6) is 0 Å². The zero-order valence-electron chi connectivity index (χ0n) is 15.5. The predicted molar refractivity (Wildman–Crippen MR) is 102 cm³/mol. The largest absolute Gasteiger partial charge is 0.345 e. The smallest absolute Gasteiger partial charge is 0.327 e. The van der Waals surface area contributed by atoms with Gasteiger partial charge in [0.25, 0.3) is 5.91 Å². The molecule has 2 aliphatic rings. The molecule has 1 aromatic carbocycles. The summed E-state index contributed by atoms with van der Waals surface area (Å²) in [6.45, 7) is 0. The minimum absolute atomic E-state index is 0.0753. The normalized spacial score (nSPS) is 15.9. The van der Waals surface area contributed by atoms with E-state index in [1.165, 1.54) is 0 Å². The van der Waals surface area contributed by atoms with E-state index in [2.05, 4.69) is 21.3 Å². The number of carbonyl (C=O) groups excluding carboxylic acids is 3. The van der Waals surface area contributed by atoms with E-state index < -0.39 is 17.7 Å². The first-order chi connectivity index (χ1) is 13.6. The molecule has 0 saturated heterocycles. The zero-order chi connectivity index (χ0) is 19.5. The molecule has 0 spiro atoms. The maximum atomic E-state index is 12.7.